The SMILES string of the molecule is Cn1cc(-c2cc(=O)n(C3CC(O)C3)cc2-c2ccccc2)c2cc(-c3cnn(C(F)(F)F)c3)[nH]c2c1=O. The van der Waals surface area contributed by atoms with E-state index >= 15 is 0 Å². The highest BCUT2D eigenvalue weighted by molar-refractivity contribution is 6.00. The molecule has 0 bridgehead atoms. The van der Waals surface area contributed by atoms with E-state index in [1.54, 1.807) is 30.1 Å². The number of fused-ring (bicyclic) bond motifs is 1. The van der Waals surface area contributed by atoms with Crippen molar-refractivity contribution in [3.63, 3.8) is 0 Å². The van der Waals surface area contributed by atoms with Crippen LogP contribution in [0, 0.1) is 0 Å². The number of benzene rings is 1. The van der Waals surface area contributed by atoms with Gasteiger partial charge in [-0.3, -0.25) is 9.59 Å². The van der Waals surface area contributed by atoms with Crippen LogP contribution in [-0.4, -0.2) is 35.1 Å². The fourth-order valence-electron chi connectivity index (χ4n) is 4.99. The Morgan fingerprint density at radius 1 is 0.974 bits per heavy atom. The van der Waals surface area contributed by atoms with E-state index in [1.807, 2.05) is 30.3 Å². The highest BCUT2D eigenvalue weighted by Crippen LogP contribution is 2.38. The zero-order valence-electron chi connectivity index (χ0n) is 20.1. The molecule has 0 aliphatic heterocycles. The highest BCUT2D eigenvalue weighted by atomic mass is 19.4. The van der Waals surface area contributed by atoms with Gasteiger partial charge in [0.2, 0.25) is 0 Å². The zero-order chi connectivity index (χ0) is 26.8. The van der Waals surface area contributed by atoms with Crippen molar-refractivity contribution in [3.8, 4) is 33.5 Å². The van der Waals surface area contributed by atoms with E-state index in [9.17, 15) is 27.9 Å². The molecule has 0 amide bonds. The number of aliphatic hydroxyl groups is 1. The van der Waals surface area contributed by atoms with E-state index in [1.165, 1.54) is 10.6 Å². The largest absolute Gasteiger partial charge is 0.504 e. The summed E-state index contributed by atoms with van der Waals surface area (Å²) in [7, 11) is 1.58. The summed E-state index contributed by atoms with van der Waals surface area (Å²) in [5.41, 5.74) is 2.78. The minimum absolute atomic E-state index is 0.0998. The van der Waals surface area contributed by atoms with Crippen LogP contribution in [0.3, 0.4) is 0 Å². The van der Waals surface area contributed by atoms with Gasteiger partial charge in [0, 0.05) is 65.5 Å². The van der Waals surface area contributed by atoms with Gasteiger partial charge in [-0.05, 0) is 30.0 Å². The van der Waals surface area contributed by atoms with Crippen molar-refractivity contribution in [2.45, 2.75) is 31.3 Å². The number of H-pyrrole nitrogens is 1. The van der Waals surface area contributed by atoms with Crippen molar-refractivity contribution in [1.29, 1.82) is 0 Å². The Kier molecular flexibility index (Phi) is 5.42. The summed E-state index contributed by atoms with van der Waals surface area (Å²) in [4.78, 5) is 29.2. The number of rotatable bonds is 4. The predicted octanol–water partition coefficient (Wildman–Crippen LogP) is 4.40. The molecule has 1 aliphatic rings. The first-order valence-electron chi connectivity index (χ1n) is 11.9. The van der Waals surface area contributed by atoms with Crippen LogP contribution in [0.4, 0.5) is 13.2 Å². The number of hydrogen-bond acceptors (Lipinski definition) is 4. The number of halogens is 3. The van der Waals surface area contributed by atoms with E-state index in [-0.39, 0.29) is 38.6 Å². The molecule has 1 saturated carbocycles. The van der Waals surface area contributed by atoms with Crippen LogP contribution in [0.25, 0.3) is 44.4 Å². The Morgan fingerprint density at radius 2 is 1.71 bits per heavy atom. The van der Waals surface area contributed by atoms with Crippen molar-refractivity contribution in [2.24, 2.45) is 7.05 Å². The van der Waals surface area contributed by atoms with Crippen molar-refractivity contribution >= 4 is 10.9 Å². The molecule has 1 aliphatic carbocycles. The topological polar surface area (TPSA) is 97.8 Å². The second-order valence-electron chi connectivity index (χ2n) is 9.56. The van der Waals surface area contributed by atoms with E-state index in [0.717, 1.165) is 23.5 Å². The molecule has 0 saturated heterocycles. The Bertz CT molecular complexity index is 1790. The van der Waals surface area contributed by atoms with Crippen LogP contribution in [0.5, 0.6) is 0 Å². The quantitative estimate of drug-likeness (QED) is 0.366. The minimum Gasteiger partial charge on any atom is -0.393 e. The number of alkyl halides is 3. The van der Waals surface area contributed by atoms with Crippen molar-refractivity contribution in [1.82, 2.24) is 23.9 Å². The summed E-state index contributed by atoms with van der Waals surface area (Å²) in [6.07, 6.45) is 1.20. The maximum absolute atomic E-state index is 13.2. The van der Waals surface area contributed by atoms with Crippen molar-refractivity contribution < 1.29 is 18.3 Å². The molecule has 2 N–H and O–H groups in total. The molecule has 5 aromatic rings. The smallest absolute Gasteiger partial charge is 0.393 e. The van der Waals surface area contributed by atoms with Crippen LogP contribution in [0.2, 0.25) is 0 Å². The Balaban J connectivity index is 1.58. The van der Waals surface area contributed by atoms with Crippen LogP contribution in [0.1, 0.15) is 18.9 Å². The third-order valence-corrected chi connectivity index (χ3v) is 7.06. The maximum atomic E-state index is 13.2. The van der Waals surface area contributed by atoms with E-state index < -0.39 is 12.4 Å². The molecular formula is C27H22F3N5O3. The third kappa shape index (κ3) is 3.95. The summed E-state index contributed by atoms with van der Waals surface area (Å²) in [6, 6.07) is 12.5. The average Bonchev–Trinajstić information content (AvgIpc) is 3.53. The molecule has 11 heteroatoms. The number of aryl methyl sites for hydroxylation is 1. The zero-order valence-corrected chi connectivity index (χ0v) is 20.1. The molecule has 4 heterocycles. The number of nitrogens with one attached hydrogen (secondary N) is 1. The van der Waals surface area contributed by atoms with E-state index in [4.69, 9.17) is 0 Å². The van der Waals surface area contributed by atoms with Gasteiger partial charge in [0.1, 0.15) is 5.52 Å². The first kappa shape index (κ1) is 24.0. The summed E-state index contributed by atoms with van der Waals surface area (Å²) in [5, 5.41) is 13.6. The van der Waals surface area contributed by atoms with Gasteiger partial charge < -0.3 is 19.2 Å². The molecule has 4 aromatic heterocycles. The molecule has 0 unspecified atom stereocenters. The average molecular weight is 521 g/mol. The van der Waals surface area contributed by atoms with E-state index in [0.29, 0.717) is 29.4 Å². The monoisotopic (exact) mass is 521 g/mol. The van der Waals surface area contributed by atoms with Gasteiger partial charge in [-0.1, -0.05) is 30.3 Å². The standard InChI is InChI=1S/C27H22F3N5O3/c1-33-13-22(20-9-23(32-25(20)26(33)38)16-11-31-35(12-16)27(28,29)30)19-10-24(37)34(17-7-18(36)8-17)14-21(19)15-5-3-2-4-6-15/h2-6,9-14,17-18,32,36H,7-8H2,1H3. The van der Waals surface area contributed by atoms with Gasteiger partial charge in [-0.15, -0.1) is 13.2 Å². The summed E-state index contributed by atoms with van der Waals surface area (Å²) >= 11 is 0. The second-order valence-corrected chi connectivity index (χ2v) is 9.56. The first-order valence-corrected chi connectivity index (χ1v) is 11.9. The first-order chi connectivity index (χ1) is 18.1. The number of aromatic amines is 1. The normalized spacial score (nSPS) is 17.6. The second kappa shape index (κ2) is 8.59. The lowest BCUT2D eigenvalue weighted by atomic mass is 9.88. The van der Waals surface area contributed by atoms with Gasteiger partial charge in [0.05, 0.1) is 12.3 Å². The lowest BCUT2D eigenvalue weighted by Gasteiger charge is -2.33. The number of aromatic nitrogens is 5. The van der Waals surface area contributed by atoms with E-state index in [2.05, 4.69) is 10.1 Å². The van der Waals surface area contributed by atoms with Gasteiger partial charge in [0.25, 0.3) is 11.1 Å². The van der Waals surface area contributed by atoms with Crippen LogP contribution in [-0.2, 0) is 13.3 Å². The Labute approximate surface area is 213 Å². The molecule has 6 rings (SSSR count). The lowest BCUT2D eigenvalue weighted by molar-refractivity contribution is -0.212. The number of nitrogens with zero attached hydrogens (tertiary/aromatic N) is 4. The fraction of sp³-hybridized carbons (Fsp3) is 0.222. The van der Waals surface area contributed by atoms with Crippen LogP contribution < -0.4 is 11.1 Å². The summed E-state index contributed by atoms with van der Waals surface area (Å²) in [6.45, 7) is 0. The molecule has 0 radical (unpaired) electrons. The van der Waals surface area contributed by atoms with Crippen molar-refractivity contribution in [2.75, 3.05) is 0 Å². The molecular weight excluding hydrogens is 499 g/mol. The van der Waals surface area contributed by atoms with Gasteiger partial charge >= 0.3 is 6.30 Å². The summed E-state index contributed by atoms with van der Waals surface area (Å²) < 4.78 is 42.2. The minimum atomic E-state index is -4.67. The Hall–Kier alpha value is -4.38. The molecule has 1 aromatic carbocycles. The van der Waals surface area contributed by atoms with Crippen LogP contribution in [0.15, 0.2) is 76.8 Å². The molecule has 38 heavy (non-hydrogen) atoms. The van der Waals surface area contributed by atoms with Crippen molar-refractivity contribution in [3.05, 3.63) is 88.0 Å². The third-order valence-electron chi connectivity index (χ3n) is 7.06. The predicted molar refractivity (Wildman–Crippen MR) is 135 cm³/mol. The fourth-order valence-corrected chi connectivity index (χ4v) is 4.99. The number of pyridine rings is 2. The van der Waals surface area contributed by atoms with Crippen LogP contribution >= 0.6 is 0 Å². The van der Waals surface area contributed by atoms with Gasteiger partial charge in [-0.25, -0.2) is 0 Å². The van der Waals surface area contributed by atoms with Gasteiger partial charge in [0.15, 0.2) is 0 Å². The highest BCUT2D eigenvalue weighted by Gasteiger charge is 2.32. The molecule has 0 spiro atoms. The molecule has 194 valence electrons. The Morgan fingerprint density at radius 3 is 2.37 bits per heavy atom. The molecule has 8 nitrogen and oxygen atoms in total. The number of hydrogen-bond donors (Lipinski definition) is 2. The van der Waals surface area contributed by atoms with Gasteiger partial charge in [-0.2, -0.15) is 9.78 Å². The summed E-state index contributed by atoms with van der Waals surface area (Å²) in [5.74, 6) is 0. The molecule has 1 fully saturated rings. The number of aliphatic hydroxyl groups excluding tert-OH is 1. The maximum Gasteiger partial charge on any atom is 0.504 e. The lowest BCUT2D eigenvalue weighted by Crippen LogP contribution is -2.36. The molecule has 0 atom stereocenters.